The molecular formula is C31H33N5O4. The Morgan fingerprint density at radius 2 is 1.82 bits per heavy atom. The maximum Gasteiger partial charge on any atom is 0.248 e. The topological polar surface area (TPSA) is 128 Å². The predicted molar refractivity (Wildman–Crippen MR) is 154 cm³/mol. The lowest BCUT2D eigenvalue weighted by Gasteiger charge is -2.14. The average Bonchev–Trinajstić information content (AvgIpc) is 3.52. The van der Waals surface area contributed by atoms with Crippen LogP contribution in [0, 0.1) is 6.92 Å². The van der Waals surface area contributed by atoms with Gasteiger partial charge in [0.2, 0.25) is 5.91 Å². The smallest absolute Gasteiger partial charge is 0.248 e. The van der Waals surface area contributed by atoms with E-state index in [0.717, 1.165) is 39.0 Å². The van der Waals surface area contributed by atoms with Gasteiger partial charge in [0.1, 0.15) is 18.0 Å². The lowest BCUT2D eigenvalue weighted by molar-refractivity contribution is 0.0999. The third-order valence-corrected chi connectivity index (χ3v) is 6.96. The van der Waals surface area contributed by atoms with E-state index >= 15 is 0 Å². The van der Waals surface area contributed by atoms with Gasteiger partial charge in [0, 0.05) is 34.0 Å². The first-order valence-corrected chi connectivity index (χ1v) is 13.3. The molecule has 5 rings (SSSR count). The van der Waals surface area contributed by atoms with Gasteiger partial charge in [0.25, 0.3) is 0 Å². The van der Waals surface area contributed by atoms with Crippen molar-refractivity contribution >= 4 is 16.8 Å². The molecule has 0 spiro atoms. The number of amides is 1. The summed E-state index contributed by atoms with van der Waals surface area (Å²) in [7, 11) is 0. The zero-order valence-corrected chi connectivity index (χ0v) is 22.8. The molecule has 9 heteroatoms. The summed E-state index contributed by atoms with van der Waals surface area (Å²) >= 11 is 0. The Balaban J connectivity index is 1.61. The van der Waals surface area contributed by atoms with E-state index in [2.05, 4.69) is 13.8 Å². The predicted octanol–water partition coefficient (Wildman–Crippen LogP) is 4.52. The molecule has 0 fully saturated rings. The molecule has 3 aromatic carbocycles. The van der Waals surface area contributed by atoms with Gasteiger partial charge in [-0.05, 0) is 42.7 Å². The molecule has 0 aliphatic rings. The molecule has 2 heterocycles. The Morgan fingerprint density at radius 3 is 2.52 bits per heavy atom. The van der Waals surface area contributed by atoms with E-state index in [9.17, 15) is 15.0 Å². The Labute approximate surface area is 232 Å². The van der Waals surface area contributed by atoms with Gasteiger partial charge in [-0.25, -0.2) is 4.68 Å². The summed E-state index contributed by atoms with van der Waals surface area (Å²) in [5, 5.41) is 30.8. The first-order chi connectivity index (χ1) is 19.3. The number of aliphatic hydroxyl groups excluding tert-OH is 2. The maximum absolute atomic E-state index is 11.8. The molecule has 206 valence electrons. The van der Waals surface area contributed by atoms with Crippen LogP contribution in [0.3, 0.4) is 0 Å². The first kappa shape index (κ1) is 27.1. The normalized spacial score (nSPS) is 12.2. The molecule has 9 nitrogen and oxygen atoms in total. The Kier molecular flexibility index (Phi) is 7.68. The van der Waals surface area contributed by atoms with Gasteiger partial charge in [0.05, 0.1) is 30.5 Å². The van der Waals surface area contributed by atoms with Crippen molar-refractivity contribution in [2.45, 2.75) is 39.3 Å². The summed E-state index contributed by atoms with van der Waals surface area (Å²) in [5.74, 6) is -0.0124. The highest BCUT2D eigenvalue weighted by Crippen LogP contribution is 2.37. The number of rotatable bonds is 10. The summed E-state index contributed by atoms with van der Waals surface area (Å²) < 4.78 is 9.38. The lowest BCUT2D eigenvalue weighted by Crippen LogP contribution is -2.13. The van der Waals surface area contributed by atoms with E-state index in [1.54, 1.807) is 22.9 Å². The maximum atomic E-state index is 11.8. The number of benzene rings is 3. The van der Waals surface area contributed by atoms with Crippen molar-refractivity contribution in [1.82, 2.24) is 19.6 Å². The third kappa shape index (κ3) is 5.21. The fourth-order valence-electron chi connectivity index (χ4n) is 5.10. The zero-order valence-electron chi connectivity index (χ0n) is 22.8. The second-order valence-corrected chi connectivity index (χ2v) is 10.0. The molecular weight excluding hydrogens is 506 g/mol. The Hall–Kier alpha value is -4.47. The minimum atomic E-state index is -0.688. The van der Waals surface area contributed by atoms with E-state index in [1.807, 2.05) is 66.3 Å². The van der Waals surface area contributed by atoms with E-state index < -0.39 is 12.0 Å². The van der Waals surface area contributed by atoms with Crippen molar-refractivity contribution in [3.8, 4) is 22.7 Å². The highest BCUT2D eigenvalue weighted by molar-refractivity contribution is 5.95. The average molecular weight is 540 g/mol. The van der Waals surface area contributed by atoms with Crippen LogP contribution in [-0.4, -0.2) is 48.9 Å². The number of hydrogen-bond donors (Lipinski definition) is 3. The largest absolute Gasteiger partial charge is 0.489 e. The minimum Gasteiger partial charge on any atom is -0.489 e. The number of carbonyl (C=O) groups is 1. The van der Waals surface area contributed by atoms with Crippen molar-refractivity contribution < 1.29 is 19.7 Å². The van der Waals surface area contributed by atoms with Crippen LogP contribution < -0.4 is 10.5 Å². The van der Waals surface area contributed by atoms with Crippen molar-refractivity contribution in [2.24, 2.45) is 5.73 Å². The molecule has 1 atom stereocenters. The molecule has 0 radical (unpaired) electrons. The van der Waals surface area contributed by atoms with Crippen LogP contribution >= 0.6 is 0 Å². The van der Waals surface area contributed by atoms with Crippen molar-refractivity contribution in [2.75, 3.05) is 13.2 Å². The van der Waals surface area contributed by atoms with Gasteiger partial charge in [-0.15, -0.1) is 0 Å². The molecule has 0 unspecified atom stereocenters. The first-order valence-electron chi connectivity index (χ1n) is 13.3. The fraction of sp³-hybridized carbons (Fsp3) is 0.258. The summed E-state index contributed by atoms with van der Waals surface area (Å²) in [4.78, 5) is 11.8. The van der Waals surface area contributed by atoms with Crippen LogP contribution in [-0.2, 0) is 6.54 Å². The van der Waals surface area contributed by atoms with Gasteiger partial charge in [0.15, 0.2) is 0 Å². The van der Waals surface area contributed by atoms with Gasteiger partial charge < -0.3 is 20.7 Å². The third-order valence-electron chi connectivity index (χ3n) is 6.96. The van der Waals surface area contributed by atoms with Crippen molar-refractivity contribution in [3.63, 3.8) is 0 Å². The van der Waals surface area contributed by atoms with Gasteiger partial charge in [-0.3, -0.25) is 9.48 Å². The molecule has 4 N–H and O–H groups in total. The van der Waals surface area contributed by atoms with Crippen LogP contribution in [0.2, 0.25) is 0 Å². The van der Waals surface area contributed by atoms with Crippen LogP contribution in [0.25, 0.3) is 27.8 Å². The Morgan fingerprint density at radius 1 is 1.05 bits per heavy atom. The molecule has 0 aliphatic heterocycles. The second kappa shape index (κ2) is 11.3. The summed E-state index contributed by atoms with van der Waals surface area (Å²) in [6, 6.07) is 20.4. The van der Waals surface area contributed by atoms with E-state index in [-0.39, 0.29) is 19.1 Å². The van der Waals surface area contributed by atoms with E-state index in [0.29, 0.717) is 23.5 Å². The molecule has 0 saturated heterocycles. The van der Waals surface area contributed by atoms with Crippen LogP contribution in [0.15, 0.2) is 72.9 Å². The number of aliphatic hydroxyl groups is 2. The van der Waals surface area contributed by atoms with Gasteiger partial charge in [-0.2, -0.15) is 10.2 Å². The number of nitrogens with zero attached hydrogens (tertiary/aromatic N) is 4. The van der Waals surface area contributed by atoms with Crippen molar-refractivity contribution in [3.05, 3.63) is 95.3 Å². The van der Waals surface area contributed by atoms with Gasteiger partial charge >= 0.3 is 0 Å². The Bertz CT molecular complexity index is 1660. The molecule has 1 amide bonds. The SMILES string of the molecule is Cc1c(C(C)C)c(-c2cccc3nn(C[C@H](O)c4ccccc4)cc23)nn1-c1ccc(C(N)=O)cc1OCCO. The van der Waals surface area contributed by atoms with Crippen LogP contribution in [0.1, 0.15) is 53.0 Å². The number of fused-ring (bicyclic) bond motifs is 1. The molecule has 40 heavy (non-hydrogen) atoms. The molecule has 0 aliphatic carbocycles. The van der Waals surface area contributed by atoms with Crippen molar-refractivity contribution in [1.29, 1.82) is 0 Å². The number of hydrogen-bond acceptors (Lipinski definition) is 6. The van der Waals surface area contributed by atoms with Crippen LogP contribution in [0.4, 0.5) is 0 Å². The fourth-order valence-corrected chi connectivity index (χ4v) is 5.10. The zero-order chi connectivity index (χ0) is 28.4. The summed E-state index contributed by atoms with van der Waals surface area (Å²) in [6.07, 6.45) is 1.26. The van der Waals surface area contributed by atoms with E-state index in [1.165, 1.54) is 0 Å². The minimum absolute atomic E-state index is 0.0623. The number of primary amides is 1. The summed E-state index contributed by atoms with van der Waals surface area (Å²) in [6.45, 7) is 6.45. The summed E-state index contributed by atoms with van der Waals surface area (Å²) in [5.41, 5.74) is 11.8. The molecule has 0 saturated carbocycles. The second-order valence-electron chi connectivity index (χ2n) is 10.0. The monoisotopic (exact) mass is 539 g/mol. The molecule has 5 aromatic rings. The number of aromatic nitrogens is 4. The molecule has 2 aromatic heterocycles. The number of ether oxygens (including phenoxy) is 1. The van der Waals surface area contributed by atoms with E-state index in [4.69, 9.17) is 20.7 Å². The quantitative estimate of drug-likeness (QED) is 0.239. The highest BCUT2D eigenvalue weighted by atomic mass is 16.5. The van der Waals surface area contributed by atoms with Gasteiger partial charge in [-0.1, -0.05) is 56.3 Å². The highest BCUT2D eigenvalue weighted by Gasteiger charge is 2.24. The standard InChI is InChI=1S/C31H33N5O4/c1-19(2)29-20(3)36(26-13-12-22(31(32)39)16-28(26)40-15-14-37)34-30(29)23-10-7-11-25-24(23)17-35(33-25)18-27(38)21-8-5-4-6-9-21/h4-13,16-17,19,27,37-38H,14-15,18H2,1-3H3,(H2,32,39)/t27-/m0/s1. The number of carbonyl (C=O) groups excluding carboxylic acids is 1. The van der Waals surface area contributed by atoms with Crippen LogP contribution in [0.5, 0.6) is 5.75 Å². The molecule has 0 bridgehead atoms. The number of nitrogens with two attached hydrogens (primary N) is 1. The lowest BCUT2D eigenvalue weighted by atomic mass is 9.95.